The predicted octanol–water partition coefficient (Wildman–Crippen LogP) is 3.89. The fourth-order valence-corrected chi connectivity index (χ4v) is 1.75. The van der Waals surface area contributed by atoms with Crippen LogP contribution in [0.5, 0.6) is 0 Å². The molecule has 0 saturated carbocycles. The van der Waals surface area contributed by atoms with Crippen molar-refractivity contribution in [3.63, 3.8) is 0 Å². The summed E-state index contributed by atoms with van der Waals surface area (Å²) in [6.45, 7) is 3.46. The minimum Gasteiger partial charge on any atom is -0.361 e. The third kappa shape index (κ3) is 3.17. The Balaban J connectivity index is 2.22. The second-order valence-corrected chi connectivity index (χ2v) is 4.55. The van der Waals surface area contributed by atoms with Gasteiger partial charge in [0.1, 0.15) is 5.82 Å². The zero-order valence-electron chi connectivity index (χ0n) is 10.4. The first kappa shape index (κ1) is 13.7. The van der Waals surface area contributed by atoms with Crippen LogP contribution in [0.1, 0.15) is 24.1 Å². The second kappa shape index (κ2) is 5.48. The van der Waals surface area contributed by atoms with Crippen LogP contribution in [0.4, 0.5) is 14.6 Å². The lowest BCUT2D eigenvalue weighted by atomic mass is 10.1. The summed E-state index contributed by atoms with van der Waals surface area (Å²) in [6, 6.07) is 4.55. The van der Waals surface area contributed by atoms with E-state index in [1.165, 1.54) is 6.07 Å². The lowest BCUT2D eigenvalue weighted by Gasteiger charge is -2.15. The minimum absolute atomic E-state index is 0.00603. The van der Waals surface area contributed by atoms with E-state index in [0.29, 0.717) is 11.1 Å². The molecule has 6 heteroatoms. The van der Waals surface area contributed by atoms with Gasteiger partial charge in [0.25, 0.3) is 0 Å². The minimum atomic E-state index is -0.608. The van der Waals surface area contributed by atoms with E-state index in [2.05, 4.69) is 15.3 Å². The predicted molar refractivity (Wildman–Crippen MR) is 70.2 cm³/mol. The quantitative estimate of drug-likeness (QED) is 0.869. The number of nitrogens with zero attached hydrogens (tertiary/aromatic N) is 2. The molecule has 0 amide bonds. The summed E-state index contributed by atoms with van der Waals surface area (Å²) in [4.78, 5) is 7.28. The van der Waals surface area contributed by atoms with E-state index in [1.54, 1.807) is 26.0 Å². The molecule has 2 rings (SSSR count). The number of rotatable bonds is 3. The van der Waals surface area contributed by atoms with Crippen molar-refractivity contribution < 1.29 is 8.78 Å². The SMILES string of the molecule is Cc1ccc(C(C)Nc2nc(Cl)ncc2F)cc1F. The molecule has 0 aliphatic heterocycles. The lowest BCUT2D eigenvalue weighted by Crippen LogP contribution is -2.10. The maximum absolute atomic E-state index is 13.5. The molecule has 0 aliphatic rings. The normalized spacial score (nSPS) is 12.3. The van der Waals surface area contributed by atoms with Crippen molar-refractivity contribution in [1.82, 2.24) is 9.97 Å². The van der Waals surface area contributed by atoms with Gasteiger partial charge in [-0.3, -0.25) is 0 Å². The third-order valence-corrected chi connectivity index (χ3v) is 2.95. The number of aromatic nitrogens is 2. The van der Waals surface area contributed by atoms with Crippen LogP contribution in [0, 0.1) is 18.6 Å². The number of hydrogen-bond acceptors (Lipinski definition) is 3. The fourth-order valence-electron chi connectivity index (χ4n) is 1.61. The van der Waals surface area contributed by atoms with Crippen LogP contribution in [0.15, 0.2) is 24.4 Å². The Morgan fingerprint density at radius 3 is 2.68 bits per heavy atom. The number of hydrogen-bond donors (Lipinski definition) is 1. The van der Waals surface area contributed by atoms with Crippen LogP contribution in [0.25, 0.3) is 0 Å². The molecule has 1 atom stereocenters. The van der Waals surface area contributed by atoms with Gasteiger partial charge in [0, 0.05) is 0 Å². The highest BCUT2D eigenvalue weighted by Gasteiger charge is 2.12. The van der Waals surface area contributed by atoms with E-state index in [-0.39, 0.29) is 23.0 Å². The summed E-state index contributed by atoms with van der Waals surface area (Å²) in [5.41, 5.74) is 1.25. The molecular formula is C13H12ClF2N3. The van der Waals surface area contributed by atoms with Gasteiger partial charge in [-0.2, -0.15) is 4.98 Å². The molecule has 19 heavy (non-hydrogen) atoms. The Labute approximate surface area is 114 Å². The highest BCUT2D eigenvalue weighted by molar-refractivity contribution is 6.28. The largest absolute Gasteiger partial charge is 0.361 e. The summed E-state index contributed by atoms with van der Waals surface area (Å²) in [5, 5.41) is 2.79. The van der Waals surface area contributed by atoms with Gasteiger partial charge >= 0.3 is 0 Å². The van der Waals surface area contributed by atoms with Gasteiger partial charge in [-0.25, -0.2) is 13.8 Å². The second-order valence-electron chi connectivity index (χ2n) is 4.21. The van der Waals surface area contributed by atoms with Crippen LogP contribution in [-0.2, 0) is 0 Å². The molecule has 0 spiro atoms. The summed E-state index contributed by atoms with van der Waals surface area (Å²) in [6.07, 6.45) is 0.986. The number of anilines is 1. The summed E-state index contributed by atoms with van der Waals surface area (Å²) >= 11 is 5.60. The molecule has 1 aromatic carbocycles. The number of aryl methyl sites for hydroxylation is 1. The average Bonchev–Trinajstić information content (AvgIpc) is 2.37. The van der Waals surface area contributed by atoms with Crippen LogP contribution in [0.3, 0.4) is 0 Å². The van der Waals surface area contributed by atoms with Gasteiger partial charge in [0.05, 0.1) is 12.2 Å². The number of nitrogens with one attached hydrogen (secondary N) is 1. The van der Waals surface area contributed by atoms with Crippen molar-refractivity contribution in [2.75, 3.05) is 5.32 Å². The van der Waals surface area contributed by atoms with Crippen molar-refractivity contribution >= 4 is 17.4 Å². The van der Waals surface area contributed by atoms with Crippen molar-refractivity contribution in [3.05, 3.63) is 52.4 Å². The standard InChI is InChI=1S/C13H12ClF2N3/c1-7-3-4-9(5-10(7)15)8(2)18-12-11(16)6-17-13(14)19-12/h3-6,8H,1-2H3,(H,17,18,19). The van der Waals surface area contributed by atoms with E-state index < -0.39 is 5.82 Å². The topological polar surface area (TPSA) is 37.8 Å². The molecule has 0 bridgehead atoms. The molecular weight excluding hydrogens is 272 g/mol. The van der Waals surface area contributed by atoms with Crippen molar-refractivity contribution in [3.8, 4) is 0 Å². The molecule has 0 fully saturated rings. The molecule has 3 nitrogen and oxygen atoms in total. The molecule has 1 N–H and O–H groups in total. The van der Waals surface area contributed by atoms with Crippen molar-refractivity contribution in [2.24, 2.45) is 0 Å². The van der Waals surface area contributed by atoms with Gasteiger partial charge in [-0.15, -0.1) is 0 Å². The molecule has 0 aliphatic carbocycles. The van der Waals surface area contributed by atoms with E-state index in [1.807, 2.05) is 0 Å². The third-order valence-electron chi connectivity index (χ3n) is 2.76. The highest BCUT2D eigenvalue weighted by Crippen LogP contribution is 2.22. The smallest absolute Gasteiger partial charge is 0.224 e. The van der Waals surface area contributed by atoms with E-state index in [4.69, 9.17) is 11.6 Å². The van der Waals surface area contributed by atoms with E-state index in [9.17, 15) is 8.78 Å². The highest BCUT2D eigenvalue weighted by atomic mass is 35.5. The van der Waals surface area contributed by atoms with E-state index in [0.717, 1.165) is 6.20 Å². The summed E-state index contributed by atoms with van der Waals surface area (Å²) < 4.78 is 26.9. The maximum atomic E-state index is 13.5. The maximum Gasteiger partial charge on any atom is 0.224 e. The lowest BCUT2D eigenvalue weighted by molar-refractivity contribution is 0.609. The van der Waals surface area contributed by atoms with Crippen molar-refractivity contribution in [2.45, 2.75) is 19.9 Å². The first-order valence-corrected chi connectivity index (χ1v) is 6.06. The Morgan fingerprint density at radius 1 is 1.26 bits per heavy atom. The van der Waals surface area contributed by atoms with Gasteiger partial charge in [0.2, 0.25) is 5.28 Å². The molecule has 1 heterocycles. The van der Waals surface area contributed by atoms with Crippen LogP contribution in [-0.4, -0.2) is 9.97 Å². The fraction of sp³-hybridized carbons (Fsp3) is 0.231. The van der Waals surface area contributed by atoms with Crippen LogP contribution >= 0.6 is 11.6 Å². The van der Waals surface area contributed by atoms with Gasteiger partial charge in [0.15, 0.2) is 11.6 Å². The van der Waals surface area contributed by atoms with Crippen molar-refractivity contribution in [1.29, 1.82) is 0 Å². The molecule has 0 radical (unpaired) electrons. The summed E-state index contributed by atoms with van der Waals surface area (Å²) in [7, 11) is 0. The molecule has 1 aromatic heterocycles. The molecule has 100 valence electrons. The molecule has 0 saturated heterocycles. The Hall–Kier alpha value is -1.75. The number of benzene rings is 1. The monoisotopic (exact) mass is 283 g/mol. The first-order valence-electron chi connectivity index (χ1n) is 5.68. The Kier molecular flexibility index (Phi) is 3.95. The Bertz CT molecular complexity index is 604. The van der Waals surface area contributed by atoms with Gasteiger partial charge < -0.3 is 5.32 Å². The zero-order chi connectivity index (χ0) is 14.0. The van der Waals surface area contributed by atoms with Gasteiger partial charge in [-0.1, -0.05) is 12.1 Å². The van der Waals surface area contributed by atoms with Crippen LogP contribution < -0.4 is 5.32 Å². The number of halogens is 3. The van der Waals surface area contributed by atoms with Crippen LogP contribution in [0.2, 0.25) is 5.28 Å². The average molecular weight is 284 g/mol. The summed E-state index contributed by atoms with van der Waals surface area (Å²) in [5.74, 6) is -0.912. The van der Waals surface area contributed by atoms with Gasteiger partial charge in [-0.05, 0) is 42.6 Å². The molecule has 2 aromatic rings. The first-order chi connectivity index (χ1) is 8.97. The Morgan fingerprint density at radius 2 is 2.00 bits per heavy atom. The molecule has 1 unspecified atom stereocenters. The zero-order valence-corrected chi connectivity index (χ0v) is 11.2. The van der Waals surface area contributed by atoms with E-state index >= 15 is 0 Å².